The molecule has 0 radical (unpaired) electrons. The molecule has 1 aromatic carbocycles. The number of benzene rings is 1. The standard InChI is InChI=1S/C16H25N3O2.C2H2O4/c1-3-15(4-2)18-11-9-17(10-12-18)13-14-5-7-16(8-6-14)19(20)21;3-1(4)2(5)6/h5-8,15H,3-4,9-13H2,1-2H3;(H,3,4)(H,5,6). The van der Waals surface area contributed by atoms with Gasteiger partial charge in [-0.2, -0.15) is 0 Å². The van der Waals surface area contributed by atoms with Crippen LogP contribution in [-0.2, 0) is 16.1 Å². The molecule has 0 bridgehead atoms. The van der Waals surface area contributed by atoms with Crippen LogP contribution in [0, 0.1) is 10.1 Å². The number of carboxylic acids is 2. The molecule has 0 unspecified atom stereocenters. The third kappa shape index (κ3) is 7.71. The van der Waals surface area contributed by atoms with E-state index in [0.29, 0.717) is 6.04 Å². The molecule has 1 fully saturated rings. The van der Waals surface area contributed by atoms with Crippen LogP contribution in [0.2, 0.25) is 0 Å². The fourth-order valence-corrected chi connectivity index (χ4v) is 3.07. The molecule has 2 N–H and O–H groups in total. The molecule has 1 saturated heterocycles. The van der Waals surface area contributed by atoms with E-state index in [0.717, 1.165) is 38.3 Å². The number of carboxylic acid groups (broad SMARTS) is 2. The first-order valence-corrected chi connectivity index (χ1v) is 8.94. The van der Waals surface area contributed by atoms with E-state index < -0.39 is 11.9 Å². The van der Waals surface area contributed by atoms with Crippen molar-refractivity contribution in [3.05, 3.63) is 39.9 Å². The zero-order valence-corrected chi connectivity index (χ0v) is 15.7. The molecule has 150 valence electrons. The monoisotopic (exact) mass is 381 g/mol. The first-order chi connectivity index (χ1) is 12.8. The number of nitrogens with zero attached hydrogens (tertiary/aromatic N) is 3. The molecule has 0 spiro atoms. The Morgan fingerprint density at radius 3 is 1.89 bits per heavy atom. The number of hydrogen-bond donors (Lipinski definition) is 2. The molecule has 9 nitrogen and oxygen atoms in total. The van der Waals surface area contributed by atoms with Crippen molar-refractivity contribution in [1.82, 2.24) is 9.80 Å². The van der Waals surface area contributed by atoms with Crippen molar-refractivity contribution in [3.63, 3.8) is 0 Å². The highest BCUT2D eigenvalue weighted by molar-refractivity contribution is 6.27. The molecule has 2 rings (SSSR count). The second-order valence-electron chi connectivity index (χ2n) is 6.32. The lowest BCUT2D eigenvalue weighted by atomic mass is 10.1. The summed E-state index contributed by atoms with van der Waals surface area (Å²) < 4.78 is 0. The van der Waals surface area contributed by atoms with Gasteiger partial charge in [-0.05, 0) is 18.4 Å². The van der Waals surface area contributed by atoms with Crippen LogP contribution < -0.4 is 0 Å². The predicted octanol–water partition coefficient (Wildman–Crippen LogP) is 2.06. The number of nitro groups is 1. The summed E-state index contributed by atoms with van der Waals surface area (Å²) in [6.45, 7) is 9.81. The summed E-state index contributed by atoms with van der Waals surface area (Å²) >= 11 is 0. The molecule has 0 atom stereocenters. The van der Waals surface area contributed by atoms with Crippen molar-refractivity contribution >= 4 is 17.6 Å². The number of hydrogen-bond acceptors (Lipinski definition) is 6. The highest BCUT2D eigenvalue weighted by Gasteiger charge is 2.21. The Labute approximate surface area is 158 Å². The second kappa shape index (κ2) is 11.2. The maximum atomic E-state index is 10.6. The van der Waals surface area contributed by atoms with Crippen molar-refractivity contribution in [3.8, 4) is 0 Å². The van der Waals surface area contributed by atoms with Gasteiger partial charge in [-0.15, -0.1) is 0 Å². The van der Waals surface area contributed by atoms with Gasteiger partial charge in [-0.3, -0.25) is 19.9 Å². The average molecular weight is 381 g/mol. The van der Waals surface area contributed by atoms with Gasteiger partial charge in [0.05, 0.1) is 4.92 Å². The lowest BCUT2D eigenvalue weighted by Crippen LogP contribution is -2.49. The summed E-state index contributed by atoms with van der Waals surface area (Å²) in [5.41, 5.74) is 1.31. The van der Waals surface area contributed by atoms with E-state index in [2.05, 4.69) is 23.6 Å². The van der Waals surface area contributed by atoms with Crippen LogP contribution in [0.15, 0.2) is 24.3 Å². The molecule has 1 heterocycles. The maximum absolute atomic E-state index is 10.6. The van der Waals surface area contributed by atoms with Crippen molar-refractivity contribution in [2.45, 2.75) is 39.3 Å². The topological polar surface area (TPSA) is 124 Å². The third-order valence-electron chi connectivity index (χ3n) is 4.60. The smallest absolute Gasteiger partial charge is 0.414 e. The first-order valence-electron chi connectivity index (χ1n) is 8.94. The number of rotatable bonds is 6. The Hall–Kier alpha value is -2.52. The highest BCUT2D eigenvalue weighted by Crippen LogP contribution is 2.16. The molecule has 9 heteroatoms. The zero-order chi connectivity index (χ0) is 20.4. The Morgan fingerprint density at radius 2 is 1.52 bits per heavy atom. The van der Waals surface area contributed by atoms with Crippen LogP contribution in [0.5, 0.6) is 0 Å². The minimum absolute atomic E-state index is 0.164. The summed E-state index contributed by atoms with van der Waals surface area (Å²) in [6, 6.07) is 7.63. The molecule has 0 amide bonds. The normalized spacial score (nSPS) is 15.1. The van der Waals surface area contributed by atoms with Crippen molar-refractivity contribution in [1.29, 1.82) is 0 Å². The lowest BCUT2D eigenvalue weighted by molar-refractivity contribution is -0.384. The maximum Gasteiger partial charge on any atom is 0.414 e. The van der Waals surface area contributed by atoms with Gasteiger partial charge in [0.2, 0.25) is 0 Å². The van der Waals surface area contributed by atoms with E-state index in [9.17, 15) is 10.1 Å². The summed E-state index contributed by atoms with van der Waals surface area (Å²) in [4.78, 5) is 33.5. The Balaban J connectivity index is 0.000000527. The quantitative estimate of drug-likeness (QED) is 0.436. The van der Waals surface area contributed by atoms with Crippen LogP contribution in [0.4, 0.5) is 5.69 Å². The fraction of sp³-hybridized carbons (Fsp3) is 0.556. The zero-order valence-electron chi connectivity index (χ0n) is 15.7. The van der Waals surface area contributed by atoms with Crippen LogP contribution in [0.25, 0.3) is 0 Å². The van der Waals surface area contributed by atoms with E-state index >= 15 is 0 Å². The van der Waals surface area contributed by atoms with Crippen LogP contribution in [-0.4, -0.2) is 69.1 Å². The van der Waals surface area contributed by atoms with E-state index in [1.54, 1.807) is 12.1 Å². The highest BCUT2D eigenvalue weighted by atomic mass is 16.6. The Morgan fingerprint density at radius 1 is 1.04 bits per heavy atom. The number of aliphatic carboxylic acids is 2. The second-order valence-corrected chi connectivity index (χ2v) is 6.32. The summed E-state index contributed by atoms with van der Waals surface area (Å²) in [5, 5.41) is 25.4. The van der Waals surface area contributed by atoms with Gasteiger partial charge in [0.25, 0.3) is 5.69 Å². The molecule has 0 aromatic heterocycles. The van der Waals surface area contributed by atoms with E-state index in [1.165, 1.54) is 12.8 Å². The summed E-state index contributed by atoms with van der Waals surface area (Å²) in [7, 11) is 0. The molecule has 27 heavy (non-hydrogen) atoms. The SMILES string of the molecule is CCC(CC)N1CCN(Cc2ccc([N+](=O)[O-])cc2)CC1.O=C(O)C(=O)O. The third-order valence-corrected chi connectivity index (χ3v) is 4.60. The van der Waals surface area contributed by atoms with Crippen LogP contribution in [0.3, 0.4) is 0 Å². The van der Waals surface area contributed by atoms with Crippen molar-refractivity contribution < 1.29 is 24.7 Å². The molecule has 1 aliphatic heterocycles. The molecule has 1 aromatic rings. The average Bonchev–Trinajstić information content (AvgIpc) is 2.65. The largest absolute Gasteiger partial charge is 0.473 e. The number of nitro benzene ring substituents is 1. The molecule has 1 aliphatic rings. The van der Waals surface area contributed by atoms with E-state index in [1.807, 2.05) is 12.1 Å². The van der Waals surface area contributed by atoms with Crippen LogP contribution in [0.1, 0.15) is 32.3 Å². The lowest BCUT2D eigenvalue weighted by Gasteiger charge is -2.38. The molecule has 0 saturated carbocycles. The predicted molar refractivity (Wildman–Crippen MR) is 99.6 cm³/mol. The number of non-ortho nitro benzene ring substituents is 1. The van der Waals surface area contributed by atoms with Crippen LogP contribution >= 0.6 is 0 Å². The molecule has 0 aliphatic carbocycles. The van der Waals surface area contributed by atoms with Gasteiger partial charge in [-0.25, -0.2) is 9.59 Å². The van der Waals surface area contributed by atoms with Gasteiger partial charge in [0.1, 0.15) is 0 Å². The Bertz CT molecular complexity index is 610. The minimum Gasteiger partial charge on any atom is -0.473 e. The number of carbonyl (C=O) groups is 2. The molecular weight excluding hydrogens is 354 g/mol. The van der Waals surface area contributed by atoms with Gasteiger partial charge < -0.3 is 10.2 Å². The van der Waals surface area contributed by atoms with Gasteiger partial charge in [-0.1, -0.05) is 26.0 Å². The number of piperazine rings is 1. The van der Waals surface area contributed by atoms with E-state index in [-0.39, 0.29) is 10.6 Å². The Kier molecular flexibility index (Phi) is 9.38. The summed E-state index contributed by atoms with van der Waals surface area (Å²) in [5.74, 6) is -3.65. The van der Waals surface area contributed by atoms with E-state index in [4.69, 9.17) is 19.8 Å². The van der Waals surface area contributed by atoms with Crippen molar-refractivity contribution in [2.75, 3.05) is 26.2 Å². The van der Waals surface area contributed by atoms with Gasteiger partial charge >= 0.3 is 11.9 Å². The summed E-state index contributed by atoms with van der Waals surface area (Å²) in [6.07, 6.45) is 2.44. The minimum atomic E-state index is -1.82. The van der Waals surface area contributed by atoms with Gasteiger partial charge in [0, 0.05) is 50.9 Å². The molecular formula is C18H27N3O6. The first kappa shape index (κ1) is 22.5. The van der Waals surface area contributed by atoms with Gasteiger partial charge in [0.15, 0.2) is 0 Å². The van der Waals surface area contributed by atoms with Crippen molar-refractivity contribution in [2.24, 2.45) is 0 Å². The fourth-order valence-electron chi connectivity index (χ4n) is 3.07.